The van der Waals surface area contributed by atoms with Gasteiger partial charge in [0.15, 0.2) is 11.5 Å². The normalized spacial score (nSPS) is 12.8. The highest BCUT2D eigenvalue weighted by atomic mass is 32.1. The molecule has 152 valence electrons. The largest absolute Gasteiger partial charge is 0.486 e. The van der Waals surface area contributed by atoms with E-state index in [4.69, 9.17) is 9.47 Å². The summed E-state index contributed by atoms with van der Waals surface area (Å²) in [5, 5.41) is 2.08. The van der Waals surface area contributed by atoms with E-state index >= 15 is 0 Å². The van der Waals surface area contributed by atoms with Crippen LogP contribution in [0.5, 0.6) is 11.5 Å². The fourth-order valence-electron chi connectivity index (χ4n) is 3.78. The molecule has 0 fully saturated rings. The molecule has 5 nitrogen and oxygen atoms in total. The first-order chi connectivity index (χ1) is 14.1. The van der Waals surface area contributed by atoms with E-state index in [9.17, 15) is 4.79 Å². The van der Waals surface area contributed by atoms with Crippen molar-refractivity contribution in [3.8, 4) is 11.5 Å². The van der Waals surface area contributed by atoms with E-state index < -0.39 is 0 Å². The molecule has 1 aromatic carbocycles. The van der Waals surface area contributed by atoms with E-state index in [2.05, 4.69) is 29.0 Å². The summed E-state index contributed by atoms with van der Waals surface area (Å²) in [4.78, 5) is 16.5. The second-order valence-electron chi connectivity index (χ2n) is 7.21. The number of ether oxygens (including phenoxy) is 2. The van der Waals surface area contributed by atoms with Gasteiger partial charge in [-0.3, -0.25) is 4.79 Å². The van der Waals surface area contributed by atoms with Crippen LogP contribution in [0.2, 0.25) is 0 Å². The molecule has 6 heteroatoms. The van der Waals surface area contributed by atoms with Crippen molar-refractivity contribution in [2.24, 2.45) is 0 Å². The molecule has 29 heavy (non-hydrogen) atoms. The van der Waals surface area contributed by atoms with Crippen molar-refractivity contribution in [2.45, 2.75) is 33.9 Å². The van der Waals surface area contributed by atoms with Crippen LogP contribution in [0.25, 0.3) is 0 Å². The maximum absolute atomic E-state index is 13.4. The highest BCUT2D eigenvalue weighted by Gasteiger charge is 2.23. The van der Waals surface area contributed by atoms with Gasteiger partial charge in [-0.2, -0.15) is 0 Å². The number of para-hydroxylation sites is 1. The number of hydrogen-bond acceptors (Lipinski definition) is 4. The lowest BCUT2D eigenvalue weighted by Crippen LogP contribution is -2.31. The standard InChI is InChI=1S/C23H26N2O3S/c1-4-24(14-18-7-5-9-21-22(18)28-11-10-27-21)23(26)20-13-16(2)25(17(20)3)15-19-8-6-12-29-19/h5-9,12-13H,4,10-11,14-15H2,1-3H3. The molecule has 0 saturated heterocycles. The van der Waals surface area contributed by atoms with Crippen molar-refractivity contribution < 1.29 is 14.3 Å². The summed E-state index contributed by atoms with van der Waals surface area (Å²) in [7, 11) is 0. The molecule has 4 rings (SSSR count). The maximum Gasteiger partial charge on any atom is 0.255 e. The number of carbonyl (C=O) groups is 1. The first kappa shape index (κ1) is 19.6. The Kier molecular flexibility index (Phi) is 5.62. The van der Waals surface area contributed by atoms with Crippen LogP contribution >= 0.6 is 11.3 Å². The van der Waals surface area contributed by atoms with Crippen LogP contribution in [0.15, 0.2) is 41.8 Å². The molecule has 0 radical (unpaired) electrons. The smallest absolute Gasteiger partial charge is 0.255 e. The molecular weight excluding hydrogens is 384 g/mol. The fraction of sp³-hybridized carbons (Fsp3) is 0.348. The summed E-state index contributed by atoms with van der Waals surface area (Å²) in [6.07, 6.45) is 0. The quantitative estimate of drug-likeness (QED) is 0.594. The van der Waals surface area contributed by atoms with Crippen molar-refractivity contribution in [1.29, 1.82) is 0 Å². The zero-order valence-corrected chi connectivity index (χ0v) is 17.9. The van der Waals surface area contributed by atoms with Crippen molar-refractivity contribution in [3.05, 3.63) is 69.2 Å². The van der Waals surface area contributed by atoms with Crippen LogP contribution in [0, 0.1) is 13.8 Å². The average molecular weight is 411 g/mol. The van der Waals surface area contributed by atoms with E-state index in [-0.39, 0.29) is 5.91 Å². The molecule has 0 N–H and O–H groups in total. The third kappa shape index (κ3) is 3.90. The number of aryl methyl sites for hydroxylation is 1. The second-order valence-corrected chi connectivity index (χ2v) is 8.24. The average Bonchev–Trinajstić information content (AvgIpc) is 3.35. The second kappa shape index (κ2) is 8.33. The zero-order valence-electron chi connectivity index (χ0n) is 17.1. The number of fused-ring (bicyclic) bond motifs is 1. The minimum atomic E-state index is 0.0485. The van der Waals surface area contributed by atoms with E-state index in [1.54, 1.807) is 11.3 Å². The van der Waals surface area contributed by atoms with Gasteiger partial charge in [0, 0.05) is 34.9 Å². The Morgan fingerprint density at radius 3 is 2.76 bits per heavy atom. The predicted octanol–water partition coefficient (Wildman–Crippen LogP) is 4.65. The first-order valence-electron chi connectivity index (χ1n) is 9.94. The predicted molar refractivity (Wildman–Crippen MR) is 115 cm³/mol. The molecule has 1 aliphatic rings. The maximum atomic E-state index is 13.4. The van der Waals surface area contributed by atoms with Gasteiger partial charge in [0.1, 0.15) is 13.2 Å². The summed E-state index contributed by atoms with van der Waals surface area (Å²) in [6.45, 7) is 9.11. The summed E-state index contributed by atoms with van der Waals surface area (Å²) in [6, 6.07) is 12.1. The highest BCUT2D eigenvalue weighted by molar-refractivity contribution is 7.09. The summed E-state index contributed by atoms with van der Waals surface area (Å²) < 4.78 is 13.7. The van der Waals surface area contributed by atoms with Crippen molar-refractivity contribution in [3.63, 3.8) is 0 Å². The van der Waals surface area contributed by atoms with Crippen LogP contribution in [-0.2, 0) is 13.1 Å². The van der Waals surface area contributed by atoms with Crippen LogP contribution in [-0.4, -0.2) is 35.1 Å². The van der Waals surface area contributed by atoms with Gasteiger partial charge < -0.3 is 18.9 Å². The Labute approximate surface area is 175 Å². The Bertz CT molecular complexity index is 1010. The molecular formula is C23H26N2O3S. The molecule has 1 aliphatic heterocycles. The zero-order chi connectivity index (χ0) is 20.4. The molecule has 2 aromatic heterocycles. The van der Waals surface area contributed by atoms with Gasteiger partial charge in [0.2, 0.25) is 0 Å². The summed E-state index contributed by atoms with van der Waals surface area (Å²) >= 11 is 1.74. The monoisotopic (exact) mass is 410 g/mol. The van der Waals surface area contributed by atoms with Gasteiger partial charge in [0.05, 0.1) is 12.1 Å². The molecule has 0 atom stereocenters. The van der Waals surface area contributed by atoms with Crippen molar-refractivity contribution >= 4 is 17.2 Å². The number of nitrogens with zero attached hydrogens (tertiary/aromatic N) is 2. The van der Waals surface area contributed by atoms with Crippen LogP contribution in [0.3, 0.4) is 0 Å². The van der Waals surface area contributed by atoms with Gasteiger partial charge in [-0.15, -0.1) is 11.3 Å². The van der Waals surface area contributed by atoms with Gasteiger partial charge in [-0.05, 0) is 44.4 Å². The topological polar surface area (TPSA) is 43.7 Å². The molecule has 1 amide bonds. The molecule has 3 heterocycles. The summed E-state index contributed by atoms with van der Waals surface area (Å²) in [5.74, 6) is 1.56. The lowest BCUT2D eigenvalue weighted by Gasteiger charge is -2.25. The minimum absolute atomic E-state index is 0.0485. The van der Waals surface area contributed by atoms with E-state index in [1.165, 1.54) is 4.88 Å². The van der Waals surface area contributed by atoms with Crippen molar-refractivity contribution in [1.82, 2.24) is 9.47 Å². The SMILES string of the molecule is CCN(Cc1cccc2c1OCCO2)C(=O)c1cc(C)n(Cc2cccs2)c1C. The number of amides is 1. The Morgan fingerprint density at radius 1 is 1.17 bits per heavy atom. The third-order valence-corrected chi connectivity index (χ3v) is 6.24. The van der Waals surface area contributed by atoms with Gasteiger partial charge in [0.25, 0.3) is 5.91 Å². The third-order valence-electron chi connectivity index (χ3n) is 5.38. The lowest BCUT2D eigenvalue weighted by molar-refractivity contribution is 0.0748. The molecule has 0 aliphatic carbocycles. The number of hydrogen-bond donors (Lipinski definition) is 0. The number of carbonyl (C=O) groups excluding carboxylic acids is 1. The lowest BCUT2D eigenvalue weighted by atomic mass is 10.1. The Balaban J connectivity index is 1.58. The molecule has 0 unspecified atom stereocenters. The van der Waals surface area contributed by atoms with Gasteiger partial charge >= 0.3 is 0 Å². The number of aromatic nitrogens is 1. The van der Waals surface area contributed by atoms with Crippen molar-refractivity contribution in [2.75, 3.05) is 19.8 Å². The first-order valence-corrected chi connectivity index (χ1v) is 10.8. The minimum Gasteiger partial charge on any atom is -0.486 e. The molecule has 0 spiro atoms. The Hall–Kier alpha value is -2.73. The molecule has 0 saturated carbocycles. The number of benzene rings is 1. The number of thiophene rings is 1. The number of rotatable bonds is 6. The van der Waals surface area contributed by atoms with E-state index in [0.29, 0.717) is 26.3 Å². The van der Waals surface area contributed by atoms with Gasteiger partial charge in [-0.25, -0.2) is 0 Å². The van der Waals surface area contributed by atoms with E-state index in [0.717, 1.165) is 40.6 Å². The van der Waals surface area contributed by atoms with Crippen LogP contribution < -0.4 is 9.47 Å². The fourth-order valence-corrected chi connectivity index (χ4v) is 4.47. The van der Waals surface area contributed by atoms with Gasteiger partial charge in [-0.1, -0.05) is 18.2 Å². The van der Waals surface area contributed by atoms with Crippen LogP contribution in [0.1, 0.15) is 39.1 Å². The molecule has 0 bridgehead atoms. The Morgan fingerprint density at radius 2 is 2.00 bits per heavy atom. The van der Waals surface area contributed by atoms with E-state index in [1.807, 2.05) is 43.0 Å². The molecule has 3 aromatic rings. The summed E-state index contributed by atoms with van der Waals surface area (Å²) in [5.41, 5.74) is 3.85. The highest BCUT2D eigenvalue weighted by Crippen LogP contribution is 2.34. The van der Waals surface area contributed by atoms with Crippen LogP contribution in [0.4, 0.5) is 0 Å².